The molecule has 1 aromatic carbocycles. The van der Waals surface area contributed by atoms with E-state index in [1.807, 2.05) is 24.3 Å². The minimum atomic E-state index is -0.714. The van der Waals surface area contributed by atoms with E-state index in [4.69, 9.17) is 15.6 Å². The third kappa shape index (κ3) is 3.51. The van der Waals surface area contributed by atoms with Crippen molar-refractivity contribution in [1.29, 1.82) is 0 Å². The average Bonchev–Trinajstić information content (AvgIpc) is 2.86. The molecule has 2 rings (SSSR count). The molecule has 1 aliphatic rings. The van der Waals surface area contributed by atoms with Gasteiger partial charge in [-0.15, -0.1) is 0 Å². The Bertz CT molecular complexity index is 449. The number of rotatable bonds is 6. The second-order valence-electron chi connectivity index (χ2n) is 5.86. The molecule has 0 bridgehead atoms. The van der Waals surface area contributed by atoms with Gasteiger partial charge in [0.25, 0.3) is 0 Å². The number of aliphatic carboxylic acids is 1. The van der Waals surface area contributed by atoms with Crippen molar-refractivity contribution in [1.82, 2.24) is 0 Å². The zero-order valence-corrected chi connectivity index (χ0v) is 12.0. The standard InChI is InChI=1S/C16H23NO3/c1-20-13-6-4-12(5-7-13)14(17)10-16(11-15(18)19)8-2-3-9-16/h4-7,14H,2-3,8-11,17H2,1H3,(H,18,19). The van der Waals surface area contributed by atoms with Gasteiger partial charge >= 0.3 is 5.97 Å². The SMILES string of the molecule is COc1ccc(C(N)CC2(CC(=O)O)CCCC2)cc1. The van der Waals surface area contributed by atoms with E-state index in [-0.39, 0.29) is 17.9 Å². The smallest absolute Gasteiger partial charge is 0.303 e. The summed E-state index contributed by atoms with van der Waals surface area (Å²) in [4.78, 5) is 11.1. The fraction of sp³-hybridized carbons (Fsp3) is 0.562. The first-order valence-corrected chi connectivity index (χ1v) is 7.16. The maximum Gasteiger partial charge on any atom is 0.303 e. The Morgan fingerprint density at radius 2 is 1.95 bits per heavy atom. The molecule has 0 saturated heterocycles. The van der Waals surface area contributed by atoms with E-state index < -0.39 is 5.97 Å². The van der Waals surface area contributed by atoms with Crippen LogP contribution in [0.3, 0.4) is 0 Å². The third-order valence-electron chi connectivity index (χ3n) is 4.39. The fourth-order valence-electron chi connectivity index (χ4n) is 3.33. The maximum atomic E-state index is 11.1. The van der Waals surface area contributed by atoms with Crippen LogP contribution >= 0.6 is 0 Å². The van der Waals surface area contributed by atoms with Crippen molar-refractivity contribution in [3.05, 3.63) is 29.8 Å². The first kappa shape index (κ1) is 14.9. The molecule has 0 heterocycles. The van der Waals surface area contributed by atoms with Gasteiger partial charge in [0, 0.05) is 6.04 Å². The van der Waals surface area contributed by atoms with Crippen molar-refractivity contribution < 1.29 is 14.6 Å². The molecule has 1 unspecified atom stereocenters. The number of carbonyl (C=O) groups is 1. The molecule has 1 saturated carbocycles. The van der Waals surface area contributed by atoms with Gasteiger partial charge < -0.3 is 15.6 Å². The number of nitrogens with two attached hydrogens (primary N) is 1. The highest BCUT2D eigenvalue weighted by Crippen LogP contribution is 2.46. The van der Waals surface area contributed by atoms with Crippen LogP contribution in [0.25, 0.3) is 0 Å². The molecule has 0 aliphatic heterocycles. The minimum absolute atomic E-state index is 0.113. The van der Waals surface area contributed by atoms with Crippen molar-refractivity contribution in [2.45, 2.75) is 44.6 Å². The quantitative estimate of drug-likeness (QED) is 0.838. The molecular formula is C16H23NO3. The lowest BCUT2D eigenvalue weighted by Gasteiger charge is -2.30. The van der Waals surface area contributed by atoms with Crippen molar-refractivity contribution in [3.63, 3.8) is 0 Å². The van der Waals surface area contributed by atoms with Crippen molar-refractivity contribution in [2.75, 3.05) is 7.11 Å². The number of hydrogen-bond donors (Lipinski definition) is 2. The topological polar surface area (TPSA) is 72.5 Å². The first-order valence-electron chi connectivity index (χ1n) is 7.16. The Labute approximate surface area is 119 Å². The van der Waals surface area contributed by atoms with E-state index in [9.17, 15) is 4.79 Å². The van der Waals surface area contributed by atoms with Crippen molar-refractivity contribution in [2.24, 2.45) is 11.1 Å². The summed E-state index contributed by atoms with van der Waals surface area (Å²) in [6.07, 6.45) is 5.15. The van der Waals surface area contributed by atoms with Gasteiger partial charge in [0.05, 0.1) is 13.5 Å². The van der Waals surface area contributed by atoms with Crippen molar-refractivity contribution in [3.8, 4) is 5.75 Å². The lowest BCUT2D eigenvalue weighted by Crippen LogP contribution is -2.27. The molecule has 4 nitrogen and oxygen atoms in total. The second kappa shape index (κ2) is 6.27. The summed E-state index contributed by atoms with van der Waals surface area (Å²) in [5.74, 6) is 0.0934. The third-order valence-corrected chi connectivity index (χ3v) is 4.39. The van der Waals surface area contributed by atoms with Crippen LogP contribution in [-0.4, -0.2) is 18.2 Å². The fourth-order valence-corrected chi connectivity index (χ4v) is 3.33. The Morgan fingerprint density at radius 1 is 1.35 bits per heavy atom. The average molecular weight is 277 g/mol. The maximum absolute atomic E-state index is 11.1. The molecule has 110 valence electrons. The van der Waals surface area contributed by atoms with Gasteiger partial charge in [-0.1, -0.05) is 25.0 Å². The normalized spacial score (nSPS) is 18.7. The zero-order chi connectivity index (χ0) is 14.6. The highest BCUT2D eigenvalue weighted by molar-refractivity contribution is 5.67. The summed E-state index contributed by atoms with van der Waals surface area (Å²) in [7, 11) is 1.63. The molecule has 0 radical (unpaired) electrons. The molecule has 0 spiro atoms. The largest absolute Gasteiger partial charge is 0.497 e. The molecular weight excluding hydrogens is 254 g/mol. The van der Waals surface area contributed by atoms with Gasteiger partial charge in [-0.05, 0) is 42.4 Å². The molecule has 1 fully saturated rings. The van der Waals surface area contributed by atoms with Crippen LogP contribution in [0.4, 0.5) is 0 Å². The summed E-state index contributed by atoms with van der Waals surface area (Å²) in [6, 6.07) is 7.61. The number of carboxylic acid groups (broad SMARTS) is 1. The van der Waals surface area contributed by atoms with Crippen LogP contribution in [0.1, 0.15) is 50.1 Å². The van der Waals surface area contributed by atoms with Crippen LogP contribution in [0.15, 0.2) is 24.3 Å². The van der Waals surface area contributed by atoms with E-state index in [2.05, 4.69) is 0 Å². The van der Waals surface area contributed by atoms with Crippen LogP contribution in [0.5, 0.6) is 5.75 Å². The Kier molecular flexibility index (Phi) is 4.65. The summed E-state index contributed by atoms with van der Waals surface area (Å²) in [5, 5.41) is 9.13. The Hall–Kier alpha value is -1.55. The van der Waals surface area contributed by atoms with Gasteiger partial charge in [-0.25, -0.2) is 0 Å². The molecule has 1 atom stereocenters. The van der Waals surface area contributed by atoms with Gasteiger partial charge in [0.2, 0.25) is 0 Å². The van der Waals surface area contributed by atoms with Gasteiger partial charge in [-0.2, -0.15) is 0 Å². The van der Waals surface area contributed by atoms with E-state index >= 15 is 0 Å². The molecule has 0 aromatic heterocycles. The number of carboxylic acids is 1. The number of methoxy groups -OCH3 is 1. The monoisotopic (exact) mass is 277 g/mol. The first-order chi connectivity index (χ1) is 9.54. The van der Waals surface area contributed by atoms with Crippen molar-refractivity contribution >= 4 is 5.97 Å². The summed E-state index contributed by atoms with van der Waals surface area (Å²) < 4.78 is 5.14. The lowest BCUT2D eigenvalue weighted by molar-refractivity contribution is -0.139. The van der Waals surface area contributed by atoms with Crippen LogP contribution in [0, 0.1) is 5.41 Å². The zero-order valence-electron chi connectivity index (χ0n) is 12.0. The van der Waals surface area contributed by atoms with Crippen LogP contribution < -0.4 is 10.5 Å². The summed E-state index contributed by atoms with van der Waals surface area (Å²) in [5.41, 5.74) is 7.22. The highest BCUT2D eigenvalue weighted by Gasteiger charge is 2.37. The highest BCUT2D eigenvalue weighted by atomic mass is 16.5. The number of benzene rings is 1. The molecule has 3 N–H and O–H groups in total. The molecule has 4 heteroatoms. The van der Waals surface area contributed by atoms with Crippen LogP contribution in [-0.2, 0) is 4.79 Å². The van der Waals surface area contributed by atoms with E-state index in [1.165, 1.54) is 0 Å². The Balaban J connectivity index is 2.07. The minimum Gasteiger partial charge on any atom is -0.497 e. The van der Waals surface area contributed by atoms with Crippen LogP contribution in [0.2, 0.25) is 0 Å². The summed E-state index contributed by atoms with van der Waals surface area (Å²) >= 11 is 0. The molecule has 20 heavy (non-hydrogen) atoms. The lowest BCUT2D eigenvalue weighted by atomic mass is 9.76. The van der Waals surface area contributed by atoms with E-state index in [0.717, 1.165) is 43.4 Å². The van der Waals surface area contributed by atoms with E-state index in [0.29, 0.717) is 0 Å². The molecule has 1 aliphatic carbocycles. The number of hydrogen-bond acceptors (Lipinski definition) is 3. The second-order valence-corrected chi connectivity index (χ2v) is 5.86. The molecule has 0 amide bonds. The van der Waals surface area contributed by atoms with Gasteiger partial charge in [0.1, 0.15) is 5.75 Å². The molecule has 1 aromatic rings. The van der Waals surface area contributed by atoms with Gasteiger partial charge in [-0.3, -0.25) is 4.79 Å². The predicted octanol–water partition coefficient (Wildman–Crippen LogP) is 3.12. The predicted molar refractivity (Wildman–Crippen MR) is 77.7 cm³/mol. The summed E-state index contributed by atoms with van der Waals surface area (Å²) in [6.45, 7) is 0. The van der Waals surface area contributed by atoms with E-state index in [1.54, 1.807) is 7.11 Å². The Morgan fingerprint density at radius 3 is 2.45 bits per heavy atom. The number of ether oxygens (including phenoxy) is 1. The van der Waals surface area contributed by atoms with Gasteiger partial charge in [0.15, 0.2) is 0 Å².